The molecule has 3 aromatic carbocycles. The van der Waals surface area contributed by atoms with E-state index in [9.17, 15) is 27.4 Å². The largest absolute Gasteiger partial charge is 0.480 e. The smallest absolute Gasteiger partial charge is 0.367 e. The fraction of sp³-hybridized carbons (Fsp3) is 0.256. The van der Waals surface area contributed by atoms with E-state index in [0.29, 0.717) is 24.1 Å². The minimum atomic E-state index is -4.96. The number of carboxylic acid groups (broad SMARTS) is 1. The van der Waals surface area contributed by atoms with E-state index in [-0.39, 0.29) is 5.69 Å². The number of carbonyl (C=O) groups is 3. The van der Waals surface area contributed by atoms with Crippen molar-refractivity contribution in [2.45, 2.75) is 25.6 Å². The van der Waals surface area contributed by atoms with Gasteiger partial charge in [0.25, 0.3) is 16.0 Å². The lowest BCUT2D eigenvalue weighted by molar-refractivity contribution is -0.137. The van der Waals surface area contributed by atoms with Gasteiger partial charge in [0.05, 0.1) is 46.0 Å². The fourth-order valence-electron chi connectivity index (χ4n) is 6.20. The Hall–Kier alpha value is -6.95. The molecule has 6 rings (SSSR count). The van der Waals surface area contributed by atoms with E-state index in [1.54, 1.807) is 0 Å². The number of fused-ring (bicyclic) bond motifs is 2. The van der Waals surface area contributed by atoms with E-state index in [2.05, 4.69) is 79.2 Å². The molecule has 0 bridgehead atoms. The number of hydrogen-bond acceptors (Lipinski definition) is 11. The molecule has 2 heterocycles. The highest BCUT2D eigenvalue weighted by molar-refractivity contribution is 7.87. The number of hydrogen-bond donors (Lipinski definition) is 4. The summed E-state index contributed by atoms with van der Waals surface area (Å²) in [4.78, 5) is 49.2. The summed E-state index contributed by atoms with van der Waals surface area (Å²) >= 11 is 0. The first-order chi connectivity index (χ1) is 27.8. The van der Waals surface area contributed by atoms with Crippen molar-refractivity contribution in [3.05, 3.63) is 108 Å². The van der Waals surface area contributed by atoms with Crippen LogP contribution in [-0.4, -0.2) is 110 Å². The monoisotopic (exact) mass is 808 g/mol. The maximum atomic E-state index is 12.6. The quantitative estimate of drug-likeness (QED) is 0.0479. The molecule has 0 fully saturated rings. The minimum absolute atomic E-state index is 0.160. The molecular weight excluding hydrogens is 767 g/mol. The third kappa shape index (κ3) is 9.70. The van der Waals surface area contributed by atoms with Gasteiger partial charge in [0.1, 0.15) is 17.3 Å². The Kier molecular flexibility index (Phi) is 12.6. The van der Waals surface area contributed by atoms with Gasteiger partial charge in [-0.3, -0.25) is 18.9 Å². The SMILES string of the molecule is CCN(CC)c1ccc2nc3ccc(=[N+]=Nc4ccc(N(C)CCn5cc(C(=O)NCC(C(=O)NCC(=O)O)S(=O)(=O)O)nn5)cc4)cc-3n(-c3ccccc3)c2c1. The zero-order valence-electron chi connectivity index (χ0n) is 31.9. The normalized spacial score (nSPS) is 11.8. The summed E-state index contributed by atoms with van der Waals surface area (Å²) < 4.78 is 36.3. The number of carboxylic acids is 1. The second-order valence-corrected chi connectivity index (χ2v) is 14.7. The molecule has 0 radical (unpaired) electrons. The van der Waals surface area contributed by atoms with Crippen LogP contribution in [0.3, 0.4) is 0 Å². The molecule has 4 aromatic rings. The van der Waals surface area contributed by atoms with E-state index in [4.69, 9.17) is 10.1 Å². The average Bonchev–Trinajstić information content (AvgIpc) is 3.70. The van der Waals surface area contributed by atoms with Crippen LogP contribution < -0.4 is 25.8 Å². The van der Waals surface area contributed by atoms with Crippen molar-refractivity contribution in [2.24, 2.45) is 5.11 Å². The van der Waals surface area contributed by atoms with E-state index in [0.717, 1.165) is 52.6 Å². The molecule has 1 aromatic heterocycles. The number of aromatic nitrogens is 5. The highest BCUT2D eigenvalue weighted by Crippen LogP contribution is 2.30. The molecule has 1 aliphatic carbocycles. The second kappa shape index (κ2) is 17.9. The van der Waals surface area contributed by atoms with Crippen LogP contribution in [0.2, 0.25) is 0 Å². The summed E-state index contributed by atoms with van der Waals surface area (Å²) in [5, 5.41) is 23.5. The third-order valence-electron chi connectivity index (χ3n) is 9.30. The Morgan fingerprint density at radius 3 is 2.34 bits per heavy atom. The van der Waals surface area contributed by atoms with Gasteiger partial charge in [0, 0.05) is 56.4 Å². The van der Waals surface area contributed by atoms with Crippen molar-refractivity contribution in [1.29, 1.82) is 0 Å². The highest BCUT2D eigenvalue weighted by Gasteiger charge is 2.32. The van der Waals surface area contributed by atoms with Crippen LogP contribution >= 0.6 is 0 Å². The lowest BCUT2D eigenvalue weighted by Crippen LogP contribution is -2.48. The maximum absolute atomic E-state index is 12.6. The van der Waals surface area contributed by atoms with E-state index >= 15 is 0 Å². The molecule has 1 aliphatic heterocycles. The molecule has 0 saturated heterocycles. The number of nitrogens with one attached hydrogen (secondary N) is 2. The number of likely N-dealkylation sites (N-methyl/N-ethyl adjacent to an activating group) is 1. The molecule has 1 atom stereocenters. The van der Waals surface area contributed by atoms with Gasteiger partial charge in [-0.2, -0.15) is 8.42 Å². The summed E-state index contributed by atoms with van der Waals surface area (Å²) in [5.41, 5.74) is 7.10. The van der Waals surface area contributed by atoms with Crippen LogP contribution in [0, 0.1) is 0 Å². The zero-order chi connectivity index (χ0) is 41.4. The van der Waals surface area contributed by atoms with Gasteiger partial charge in [0.2, 0.25) is 5.91 Å². The summed E-state index contributed by atoms with van der Waals surface area (Å²) in [6.07, 6.45) is 1.34. The lowest BCUT2D eigenvalue weighted by Gasteiger charge is -2.23. The molecule has 58 heavy (non-hydrogen) atoms. The second-order valence-electron chi connectivity index (χ2n) is 13.1. The van der Waals surface area contributed by atoms with Gasteiger partial charge in [0.15, 0.2) is 10.9 Å². The first kappa shape index (κ1) is 40.7. The van der Waals surface area contributed by atoms with Crippen LogP contribution in [0.1, 0.15) is 24.3 Å². The van der Waals surface area contributed by atoms with E-state index in [1.165, 1.54) is 10.9 Å². The number of carbonyl (C=O) groups excluding carboxylic acids is 2. The predicted octanol–water partition coefficient (Wildman–Crippen LogP) is 2.78. The average molecular weight is 809 g/mol. The topological polar surface area (TPSA) is 231 Å². The number of aliphatic carboxylic acids is 1. The molecule has 0 saturated carbocycles. The molecule has 19 heteroatoms. The summed E-state index contributed by atoms with van der Waals surface area (Å²) in [6.45, 7) is 5.18. The van der Waals surface area contributed by atoms with Crippen molar-refractivity contribution < 1.29 is 37.3 Å². The fourth-order valence-corrected chi connectivity index (χ4v) is 6.85. The lowest BCUT2D eigenvalue weighted by atomic mass is 10.1. The number of para-hydroxylation sites is 1. The Morgan fingerprint density at radius 2 is 1.66 bits per heavy atom. The van der Waals surface area contributed by atoms with Gasteiger partial charge in [-0.25, -0.2) is 9.67 Å². The Labute approximate surface area is 333 Å². The molecule has 300 valence electrons. The van der Waals surface area contributed by atoms with Gasteiger partial charge in [-0.05, 0) is 74.5 Å². The van der Waals surface area contributed by atoms with E-state index in [1.807, 2.05) is 77.9 Å². The van der Waals surface area contributed by atoms with Crippen LogP contribution in [-0.2, 0) is 26.3 Å². The summed E-state index contributed by atoms with van der Waals surface area (Å²) in [5.74, 6) is -3.55. The van der Waals surface area contributed by atoms with Crippen LogP contribution in [0.4, 0.5) is 17.1 Å². The highest BCUT2D eigenvalue weighted by atomic mass is 32.2. The van der Waals surface area contributed by atoms with Gasteiger partial charge >= 0.3 is 11.3 Å². The van der Waals surface area contributed by atoms with Gasteiger partial charge < -0.3 is 30.1 Å². The van der Waals surface area contributed by atoms with Crippen molar-refractivity contribution in [1.82, 2.24) is 35.2 Å². The molecular formula is C39H42N11O7S+. The Morgan fingerprint density at radius 1 is 0.931 bits per heavy atom. The first-order valence-electron chi connectivity index (χ1n) is 18.3. The molecule has 0 spiro atoms. The molecule has 18 nitrogen and oxygen atoms in total. The molecule has 4 N–H and O–H groups in total. The van der Waals surface area contributed by atoms with Crippen LogP contribution in [0.15, 0.2) is 102 Å². The predicted molar refractivity (Wildman–Crippen MR) is 215 cm³/mol. The van der Waals surface area contributed by atoms with Crippen molar-refractivity contribution in [3.8, 4) is 17.1 Å². The number of anilines is 2. The molecule has 2 aliphatic rings. The standard InChI is InChI=1S/C39H41N11O7S/c1-4-48(5-2)30-16-18-32-35(22-30)50(29-9-7-6-8-10-29)34-21-27(13-17-31(34)42-32)44-43-26-11-14-28(15-12-26)47(3)19-20-49-25-33(45-46-49)38(53)40-23-36(58(55,56)57)39(54)41-24-37(51)52/h6-18,21-22,25,36H,4-5,19-20,23-24H2,1-3H3,(H3-,40,41,51,52,53,54,55,56,57)/p+1. The van der Waals surface area contributed by atoms with Crippen molar-refractivity contribution >= 4 is 56.0 Å². The number of nitrogens with zero attached hydrogens (tertiary/aromatic N) is 9. The zero-order valence-corrected chi connectivity index (χ0v) is 32.7. The summed E-state index contributed by atoms with van der Waals surface area (Å²) in [6, 6.07) is 29.9. The molecule has 1 unspecified atom stereocenters. The van der Waals surface area contributed by atoms with Crippen LogP contribution in [0.25, 0.3) is 28.1 Å². The number of benzene rings is 4. The van der Waals surface area contributed by atoms with Crippen LogP contribution in [0.5, 0.6) is 0 Å². The first-order valence-corrected chi connectivity index (χ1v) is 19.8. The Bertz CT molecular complexity index is 2620. The molecule has 2 amide bonds. The van der Waals surface area contributed by atoms with Gasteiger partial charge in [-0.15, -0.1) is 5.10 Å². The maximum Gasteiger partial charge on any atom is 0.367 e. The van der Waals surface area contributed by atoms with Crippen molar-refractivity contribution in [2.75, 3.05) is 49.6 Å². The minimum Gasteiger partial charge on any atom is -0.480 e. The van der Waals surface area contributed by atoms with Crippen molar-refractivity contribution in [3.63, 3.8) is 0 Å². The summed E-state index contributed by atoms with van der Waals surface area (Å²) in [7, 11) is -3.08. The third-order valence-corrected chi connectivity index (χ3v) is 10.4. The Balaban J connectivity index is 1.14. The number of rotatable bonds is 16. The van der Waals surface area contributed by atoms with Gasteiger partial charge in [-0.1, -0.05) is 23.4 Å². The van der Waals surface area contributed by atoms with E-state index < -0.39 is 46.2 Å². The number of amides is 2.